The number of amides is 1. The summed E-state index contributed by atoms with van der Waals surface area (Å²) in [5.41, 5.74) is 7.48. The quantitative estimate of drug-likeness (QED) is 0.144. The highest BCUT2D eigenvalue weighted by Gasteiger charge is 2.38. The van der Waals surface area contributed by atoms with E-state index < -0.39 is 23.5 Å². The summed E-state index contributed by atoms with van der Waals surface area (Å²) in [5, 5.41) is 12.8. The van der Waals surface area contributed by atoms with Crippen molar-refractivity contribution in [3.63, 3.8) is 0 Å². The van der Waals surface area contributed by atoms with Gasteiger partial charge in [-0.2, -0.15) is 0 Å². The standard InChI is InChI=1S/C41H35N3O4/c45-39(46)29(25-42-40(47)48-27-38-36-22-12-10-20-34(36)35-21-11-13-23-37(35)38)24-33-26-44(28-43-33)41(30-14-4-1-5-15-30,31-16-6-2-7-17-31)32-18-8-3-9-19-32/h1-23,26,28-29,38H,24-25,27H2,(H,42,47)(H,45,46)/t29-/m0/s1. The number of imidazole rings is 1. The third kappa shape index (κ3) is 5.75. The molecule has 0 saturated carbocycles. The molecule has 1 aliphatic rings. The maximum atomic E-state index is 12.9. The van der Waals surface area contributed by atoms with E-state index in [0.717, 1.165) is 38.9 Å². The second-order valence-corrected chi connectivity index (χ2v) is 12.0. The lowest BCUT2D eigenvalue weighted by Gasteiger charge is -2.37. The van der Waals surface area contributed by atoms with E-state index in [2.05, 4.69) is 70.5 Å². The zero-order valence-electron chi connectivity index (χ0n) is 26.3. The van der Waals surface area contributed by atoms with Gasteiger partial charge in [0, 0.05) is 25.1 Å². The van der Waals surface area contributed by atoms with Gasteiger partial charge in [-0.25, -0.2) is 9.78 Å². The topological polar surface area (TPSA) is 93.5 Å². The summed E-state index contributed by atoms with van der Waals surface area (Å²) >= 11 is 0. The summed E-state index contributed by atoms with van der Waals surface area (Å²) in [7, 11) is 0. The van der Waals surface area contributed by atoms with Crippen molar-refractivity contribution in [1.82, 2.24) is 14.9 Å². The van der Waals surface area contributed by atoms with Crippen LogP contribution in [0.15, 0.2) is 152 Å². The molecule has 0 aliphatic heterocycles. The van der Waals surface area contributed by atoms with Gasteiger partial charge in [0.15, 0.2) is 0 Å². The number of nitrogens with zero attached hydrogens (tertiary/aromatic N) is 2. The predicted molar refractivity (Wildman–Crippen MR) is 185 cm³/mol. The van der Waals surface area contributed by atoms with Crippen molar-refractivity contribution in [2.45, 2.75) is 17.9 Å². The Hall–Kier alpha value is -5.95. The Morgan fingerprint density at radius 3 is 1.71 bits per heavy atom. The minimum atomic E-state index is -1.02. The highest BCUT2D eigenvalue weighted by Crippen LogP contribution is 2.44. The average Bonchev–Trinajstić information content (AvgIpc) is 3.73. The first-order valence-electron chi connectivity index (χ1n) is 16.1. The lowest BCUT2D eigenvalue weighted by atomic mass is 9.77. The molecule has 0 unspecified atom stereocenters. The Bertz CT molecular complexity index is 1880. The smallest absolute Gasteiger partial charge is 0.407 e. The van der Waals surface area contributed by atoms with Crippen LogP contribution in [-0.2, 0) is 21.5 Å². The van der Waals surface area contributed by atoms with E-state index in [4.69, 9.17) is 9.72 Å². The number of nitrogens with one attached hydrogen (secondary N) is 1. The molecule has 7 rings (SSSR count). The van der Waals surface area contributed by atoms with Crippen molar-refractivity contribution < 1.29 is 19.4 Å². The molecule has 1 atom stereocenters. The molecule has 0 radical (unpaired) electrons. The van der Waals surface area contributed by atoms with Gasteiger partial charge in [-0.1, -0.05) is 140 Å². The fourth-order valence-corrected chi connectivity index (χ4v) is 6.99. The summed E-state index contributed by atoms with van der Waals surface area (Å²) in [4.78, 5) is 30.0. The number of aromatic nitrogens is 2. The number of hydrogen-bond acceptors (Lipinski definition) is 4. The monoisotopic (exact) mass is 633 g/mol. The van der Waals surface area contributed by atoms with Crippen molar-refractivity contribution in [3.05, 3.63) is 186 Å². The van der Waals surface area contributed by atoms with Gasteiger partial charge in [0.1, 0.15) is 12.1 Å². The van der Waals surface area contributed by atoms with Crippen molar-refractivity contribution >= 4 is 12.1 Å². The van der Waals surface area contributed by atoms with Gasteiger partial charge < -0.3 is 19.7 Å². The number of fused-ring (bicyclic) bond motifs is 3. The molecule has 1 amide bonds. The molecule has 0 spiro atoms. The van der Waals surface area contributed by atoms with Crippen LogP contribution in [0.2, 0.25) is 0 Å². The molecular formula is C41H35N3O4. The minimum Gasteiger partial charge on any atom is -0.481 e. The molecule has 0 bridgehead atoms. The molecule has 0 fully saturated rings. The van der Waals surface area contributed by atoms with Crippen LogP contribution in [0.25, 0.3) is 11.1 Å². The first-order valence-corrected chi connectivity index (χ1v) is 16.1. The Balaban J connectivity index is 1.09. The van der Waals surface area contributed by atoms with Crippen molar-refractivity contribution in [3.8, 4) is 11.1 Å². The van der Waals surface area contributed by atoms with Crippen molar-refractivity contribution in [2.75, 3.05) is 13.2 Å². The lowest BCUT2D eigenvalue weighted by Crippen LogP contribution is -2.37. The van der Waals surface area contributed by atoms with Gasteiger partial charge in [-0.3, -0.25) is 4.79 Å². The van der Waals surface area contributed by atoms with Crippen LogP contribution < -0.4 is 5.32 Å². The zero-order valence-corrected chi connectivity index (χ0v) is 26.3. The second-order valence-electron chi connectivity index (χ2n) is 12.0. The number of rotatable bonds is 11. The fraction of sp³-hybridized carbons (Fsp3) is 0.146. The van der Waals surface area contributed by atoms with Gasteiger partial charge >= 0.3 is 12.1 Å². The van der Waals surface area contributed by atoms with Gasteiger partial charge in [0.2, 0.25) is 0 Å². The summed E-state index contributed by atoms with van der Waals surface area (Å²) in [5.74, 6) is -2.01. The third-order valence-corrected chi connectivity index (χ3v) is 9.24. The number of aliphatic carboxylic acids is 1. The number of carboxylic acid groups (broad SMARTS) is 1. The molecule has 1 aromatic heterocycles. The number of carboxylic acids is 1. The first kappa shape index (κ1) is 30.7. The van der Waals surface area contributed by atoms with Crippen molar-refractivity contribution in [1.29, 1.82) is 0 Å². The summed E-state index contributed by atoms with van der Waals surface area (Å²) in [6.07, 6.45) is 3.15. The molecule has 7 heteroatoms. The van der Waals surface area contributed by atoms with Crippen LogP contribution >= 0.6 is 0 Å². The van der Waals surface area contributed by atoms with Crippen LogP contribution in [-0.4, -0.2) is 39.9 Å². The Morgan fingerprint density at radius 1 is 0.729 bits per heavy atom. The van der Waals surface area contributed by atoms with E-state index in [1.54, 1.807) is 6.33 Å². The number of carbonyl (C=O) groups excluding carboxylic acids is 1. The maximum Gasteiger partial charge on any atom is 0.407 e. The Labute approximate surface area is 279 Å². The van der Waals surface area contributed by atoms with Crippen LogP contribution in [0.3, 0.4) is 0 Å². The lowest BCUT2D eigenvalue weighted by molar-refractivity contribution is -0.141. The van der Waals surface area contributed by atoms with Crippen molar-refractivity contribution in [2.24, 2.45) is 5.92 Å². The average molecular weight is 634 g/mol. The number of carbonyl (C=O) groups is 2. The molecule has 6 aromatic rings. The molecular weight excluding hydrogens is 598 g/mol. The number of alkyl carbamates (subject to hydrolysis) is 1. The molecule has 2 N–H and O–H groups in total. The van der Waals surface area contributed by atoms with E-state index >= 15 is 0 Å². The molecule has 48 heavy (non-hydrogen) atoms. The van der Waals surface area contributed by atoms with E-state index in [1.807, 2.05) is 85.1 Å². The van der Waals surface area contributed by atoms with Gasteiger partial charge in [0.05, 0.1) is 17.9 Å². The number of benzene rings is 5. The van der Waals surface area contributed by atoms with E-state index in [9.17, 15) is 14.7 Å². The second kappa shape index (κ2) is 13.4. The summed E-state index contributed by atoms with van der Waals surface area (Å²) in [6, 6.07) is 46.9. The molecule has 5 aromatic carbocycles. The van der Waals surface area contributed by atoms with Crippen LogP contribution in [0.1, 0.15) is 39.4 Å². The van der Waals surface area contributed by atoms with Gasteiger partial charge in [-0.05, 0) is 38.9 Å². The zero-order chi connectivity index (χ0) is 32.9. The highest BCUT2D eigenvalue weighted by molar-refractivity contribution is 5.79. The maximum absolute atomic E-state index is 12.9. The van der Waals surface area contributed by atoms with E-state index in [-0.39, 0.29) is 25.5 Å². The summed E-state index contributed by atoms with van der Waals surface area (Å²) in [6.45, 7) is 0.0581. The largest absolute Gasteiger partial charge is 0.481 e. The molecule has 0 saturated heterocycles. The van der Waals surface area contributed by atoms with E-state index in [1.165, 1.54) is 0 Å². The van der Waals surface area contributed by atoms with Gasteiger partial charge in [0.25, 0.3) is 0 Å². The van der Waals surface area contributed by atoms with E-state index in [0.29, 0.717) is 5.69 Å². The first-order chi connectivity index (χ1) is 23.6. The number of hydrogen-bond donors (Lipinski definition) is 2. The molecule has 7 nitrogen and oxygen atoms in total. The highest BCUT2D eigenvalue weighted by atomic mass is 16.5. The predicted octanol–water partition coefficient (Wildman–Crippen LogP) is 7.51. The third-order valence-electron chi connectivity index (χ3n) is 9.24. The Morgan fingerprint density at radius 2 is 1.21 bits per heavy atom. The molecule has 1 heterocycles. The van der Waals surface area contributed by atoms with Crippen LogP contribution in [0.4, 0.5) is 4.79 Å². The molecule has 238 valence electrons. The summed E-state index contributed by atoms with van der Waals surface area (Å²) < 4.78 is 7.71. The van der Waals surface area contributed by atoms with Crippen LogP contribution in [0.5, 0.6) is 0 Å². The SMILES string of the molecule is O=C(NC[C@H](Cc1cn(C(c2ccccc2)(c2ccccc2)c2ccccc2)cn1)C(=O)O)OCC1c2ccccc2-c2ccccc21. The number of ether oxygens (including phenoxy) is 1. The fourth-order valence-electron chi connectivity index (χ4n) is 6.99. The normalized spacial score (nSPS) is 12.9. The van der Waals surface area contributed by atoms with Crippen LogP contribution in [0, 0.1) is 5.92 Å². The molecule has 1 aliphatic carbocycles. The van der Waals surface area contributed by atoms with Gasteiger partial charge in [-0.15, -0.1) is 0 Å². The minimum absolute atomic E-state index is 0.0819. The Kier molecular flexibility index (Phi) is 8.58.